The van der Waals surface area contributed by atoms with E-state index in [2.05, 4.69) is 55.3 Å². The van der Waals surface area contributed by atoms with E-state index >= 15 is 0 Å². The molecule has 1 aliphatic rings. The number of nitrogens with zero attached hydrogens (tertiary/aromatic N) is 1. The van der Waals surface area contributed by atoms with Crippen LogP contribution >= 0.6 is 0 Å². The molecule has 1 aromatic rings. The summed E-state index contributed by atoms with van der Waals surface area (Å²) in [6, 6.07) is 9.30. The van der Waals surface area contributed by atoms with Gasteiger partial charge in [0.15, 0.2) is 0 Å². The van der Waals surface area contributed by atoms with Crippen LogP contribution in [0.5, 0.6) is 0 Å². The lowest BCUT2D eigenvalue weighted by Gasteiger charge is -2.36. The Balaban J connectivity index is 1.94. The van der Waals surface area contributed by atoms with Crippen LogP contribution in [0.1, 0.15) is 32.8 Å². The Morgan fingerprint density at radius 1 is 1.32 bits per heavy atom. The standard InChI is InChI=1S/C16H26N2O/c1-12(2)17-10-14-4-6-15(7-5-14)18-9-8-16(19)13(3)11-18/h4-7,12-13,16-17,19H,8-11H2,1-3H3. The van der Waals surface area contributed by atoms with E-state index in [1.807, 2.05) is 0 Å². The summed E-state index contributed by atoms with van der Waals surface area (Å²) in [7, 11) is 0. The number of aliphatic hydroxyl groups is 1. The minimum atomic E-state index is -0.134. The lowest BCUT2D eigenvalue weighted by molar-refractivity contribution is 0.0971. The molecule has 1 aliphatic heterocycles. The van der Waals surface area contributed by atoms with Gasteiger partial charge in [-0.05, 0) is 30.0 Å². The second kappa shape index (κ2) is 6.40. The minimum absolute atomic E-state index is 0.134. The maximum Gasteiger partial charge on any atom is 0.0599 e. The first kappa shape index (κ1) is 14.4. The lowest BCUT2D eigenvalue weighted by atomic mass is 9.96. The molecule has 0 amide bonds. The third-order valence-corrected chi connectivity index (χ3v) is 3.88. The van der Waals surface area contributed by atoms with Crippen molar-refractivity contribution < 1.29 is 5.11 Å². The van der Waals surface area contributed by atoms with Crippen LogP contribution in [0.4, 0.5) is 5.69 Å². The Morgan fingerprint density at radius 2 is 2.00 bits per heavy atom. The van der Waals surface area contributed by atoms with E-state index in [-0.39, 0.29) is 6.10 Å². The highest BCUT2D eigenvalue weighted by Crippen LogP contribution is 2.23. The smallest absolute Gasteiger partial charge is 0.0599 e. The number of hydrogen-bond acceptors (Lipinski definition) is 3. The Bertz CT molecular complexity index is 388. The van der Waals surface area contributed by atoms with Crippen LogP contribution in [0.15, 0.2) is 24.3 Å². The van der Waals surface area contributed by atoms with Crippen LogP contribution in [0.25, 0.3) is 0 Å². The summed E-state index contributed by atoms with van der Waals surface area (Å²) in [5, 5.41) is 13.2. The number of nitrogens with one attached hydrogen (secondary N) is 1. The molecule has 2 N–H and O–H groups in total. The van der Waals surface area contributed by atoms with Gasteiger partial charge in [0.25, 0.3) is 0 Å². The summed E-state index contributed by atoms with van der Waals surface area (Å²) in [6.45, 7) is 9.27. The summed E-state index contributed by atoms with van der Waals surface area (Å²) in [5.41, 5.74) is 2.59. The number of benzene rings is 1. The SMILES string of the molecule is CC(C)NCc1ccc(N2CCC(O)C(C)C2)cc1. The van der Waals surface area contributed by atoms with Gasteiger partial charge in [0.05, 0.1) is 6.10 Å². The molecule has 2 rings (SSSR count). The fourth-order valence-electron chi connectivity index (χ4n) is 2.51. The van der Waals surface area contributed by atoms with E-state index in [1.165, 1.54) is 11.3 Å². The summed E-state index contributed by atoms with van der Waals surface area (Å²) >= 11 is 0. The topological polar surface area (TPSA) is 35.5 Å². The largest absolute Gasteiger partial charge is 0.393 e. The molecule has 1 heterocycles. The maximum atomic E-state index is 9.77. The molecule has 106 valence electrons. The lowest BCUT2D eigenvalue weighted by Crippen LogP contribution is -2.41. The molecule has 3 heteroatoms. The average Bonchev–Trinajstić information content (AvgIpc) is 2.40. The zero-order chi connectivity index (χ0) is 13.8. The number of rotatable bonds is 4. The van der Waals surface area contributed by atoms with Gasteiger partial charge in [-0.25, -0.2) is 0 Å². The number of anilines is 1. The van der Waals surface area contributed by atoms with Crippen LogP contribution in [-0.2, 0) is 6.54 Å². The van der Waals surface area contributed by atoms with E-state index in [9.17, 15) is 5.11 Å². The highest BCUT2D eigenvalue weighted by molar-refractivity contribution is 5.48. The molecule has 0 spiro atoms. The average molecular weight is 262 g/mol. The Labute approximate surface area is 116 Å². The second-order valence-electron chi connectivity index (χ2n) is 5.98. The molecule has 2 unspecified atom stereocenters. The van der Waals surface area contributed by atoms with E-state index in [0.29, 0.717) is 12.0 Å². The third-order valence-electron chi connectivity index (χ3n) is 3.88. The van der Waals surface area contributed by atoms with Crippen molar-refractivity contribution in [3.8, 4) is 0 Å². The van der Waals surface area contributed by atoms with E-state index in [4.69, 9.17) is 0 Å². The highest BCUT2D eigenvalue weighted by atomic mass is 16.3. The summed E-state index contributed by atoms with van der Waals surface area (Å²) < 4.78 is 0. The first-order chi connectivity index (χ1) is 9.06. The fourth-order valence-corrected chi connectivity index (χ4v) is 2.51. The maximum absolute atomic E-state index is 9.77. The number of piperidine rings is 1. The van der Waals surface area contributed by atoms with Gasteiger partial charge in [-0.1, -0.05) is 32.9 Å². The van der Waals surface area contributed by atoms with Gasteiger partial charge in [0, 0.05) is 31.4 Å². The molecule has 0 radical (unpaired) electrons. The Morgan fingerprint density at radius 3 is 2.58 bits per heavy atom. The normalized spacial score (nSPS) is 23.9. The van der Waals surface area contributed by atoms with E-state index < -0.39 is 0 Å². The quantitative estimate of drug-likeness (QED) is 0.874. The Kier molecular flexibility index (Phi) is 4.83. The van der Waals surface area contributed by atoms with Crippen molar-refractivity contribution >= 4 is 5.69 Å². The monoisotopic (exact) mass is 262 g/mol. The third kappa shape index (κ3) is 3.95. The van der Waals surface area contributed by atoms with Crippen molar-refractivity contribution in [2.45, 2.75) is 45.9 Å². The van der Waals surface area contributed by atoms with Crippen LogP contribution in [0, 0.1) is 5.92 Å². The predicted octanol–water partition coefficient (Wildman–Crippen LogP) is 2.39. The molecule has 3 nitrogen and oxygen atoms in total. The van der Waals surface area contributed by atoms with Crippen molar-refractivity contribution in [1.82, 2.24) is 5.32 Å². The van der Waals surface area contributed by atoms with Gasteiger partial charge in [0.1, 0.15) is 0 Å². The first-order valence-electron chi connectivity index (χ1n) is 7.31. The molecule has 1 aromatic carbocycles. The first-order valence-corrected chi connectivity index (χ1v) is 7.31. The van der Waals surface area contributed by atoms with E-state index in [1.54, 1.807) is 0 Å². The fraction of sp³-hybridized carbons (Fsp3) is 0.625. The van der Waals surface area contributed by atoms with Gasteiger partial charge < -0.3 is 15.3 Å². The zero-order valence-electron chi connectivity index (χ0n) is 12.3. The van der Waals surface area contributed by atoms with Crippen molar-refractivity contribution in [3.05, 3.63) is 29.8 Å². The molecule has 0 saturated carbocycles. The molecule has 1 fully saturated rings. The van der Waals surface area contributed by atoms with Gasteiger partial charge in [-0.3, -0.25) is 0 Å². The summed E-state index contributed by atoms with van der Waals surface area (Å²) in [5.74, 6) is 0.357. The molecular formula is C16H26N2O. The molecule has 19 heavy (non-hydrogen) atoms. The molecule has 0 bridgehead atoms. The number of hydrogen-bond donors (Lipinski definition) is 2. The molecule has 0 aliphatic carbocycles. The molecule has 2 atom stereocenters. The van der Waals surface area contributed by atoms with Crippen LogP contribution in [-0.4, -0.2) is 30.3 Å². The van der Waals surface area contributed by atoms with Crippen LogP contribution in [0.2, 0.25) is 0 Å². The molecular weight excluding hydrogens is 236 g/mol. The van der Waals surface area contributed by atoms with Crippen LogP contribution < -0.4 is 10.2 Å². The summed E-state index contributed by atoms with van der Waals surface area (Å²) in [4.78, 5) is 2.37. The van der Waals surface area contributed by atoms with Gasteiger partial charge in [0.2, 0.25) is 0 Å². The van der Waals surface area contributed by atoms with Gasteiger partial charge >= 0.3 is 0 Å². The van der Waals surface area contributed by atoms with Crippen molar-refractivity contribution in [3.63, 3.8) is 0 Å². The van der Waals surface area contributed by atoms with Crippen LogP contribution in [0.3, 0.4) is 0 Å². The second-order valence-corrected chi connectivity index (χ2v) is 5.98. The van der Waals surface area contributed by atoms with Gasteiger partial charge in [-0.15, -0.1) is 0 Å². The van der Waals surface area contributed by atoms with Crippen molar-refractivity contribution in [1.29, 1.82) is 0 Å². The van der Waals surface area contributed by atoms with E-state index in [0.717, 1.165) is 26.1 Å². The highest BCUT2D eigenvalue weighted by Gasteiger charge is 2.24. The molecule has 1 saturated heterocycles. The summed E-state index contributed by atoms with van der Waals surface area (Å²) in [6.07, 6.45) is 0.739. The Hall–Kier alpha value is -1.06. The minimum Gasteiger partial charge on any atom is -0.393 e. The van der Waals surface area contributed by atoms with Crippen molar-refractivity contribution in [2.24, 2.45) is 5.92 Å². The zero-order valence-corrected chi connectivity index (χ0v) is 12.3. The van der Waals surface area contributed by atoms with Gasteiger partial charge in [-0.2, -0.15) is 0 Å². The number of aliphatic hydroxyl groups excluding tert-OH is 1. The van der Waals surface area contributed by atoms with Crippen molar-refractivity contribution in [2.75, 3.05) is 18.0 Å². The predicted molar refractivity (Wildman–Crippen MR) is 80.4 cm³/mol. The molecule has 0 aromatic heterocycles.